The number of nitrogens with two attached hydrogens (primary N) is 1. The second-order valence-electron chi connectivity index (χ2n) is 9.50. The zero-order chi connectivity index (χ0) is 23.0. The molecule has 1 aromatic heterocycles. The predicted octanol–water partition coefficient (Wildman–Crippen LogP) is 3.62. The Labute approximate surface area is 187 Å². The Bertz CT molecular complexity index is 866. The van der Waals surface area contributed by atoms with Crippen molar-refractivity contribution < 1.29 is 18.3 Å². The van der Waals surface area contributed by atoms with Gasteiger partial charge in [-0.15, -0.1) is 0 Å². The summed E-state index contributed by atoms with van der Waals surface area (Å²) in [7, 11) is 0. The smallest absolute Gasteiger partial charge is 0.387 e. The van der Waals surface area contributed by atoms with Crippen molar-refractivity contribution in [2.24, 2.45) is 22.7 Å². The molecule has 1 aliphatic heterocycles. The van der Waals surface area contributed by atoms with Gasteiger partial charge >= 0.3 is 6.61 Å². The van der Waals surface area contributed by atoms with Crippen LogP contribution in [0.4, 0.5) is 14.6 Å². The minimum absolute atomic E-state index is 0.113. The maximum Gasteiger partial charge on any atom is 0.387 e. The van der Waals surface area contributed by atoms with E-state index >= 15 is 0 Å². The molecule has 2 aliphatic carbocycles. The highest BCUT2D eigenvalue weighted by molar-refractivity contribution is 6.12. The first-order valence-corrected chi connectivity index (χ1v) is 11.4. The number of nitrogens with zero attached hydrogens (tertiary/aromatic N) is 3. The normalized spacial score (nSPS) is 30.6. The maximum atomic E-state index is 12.6. The number of hydrogen-bond acceptors (Lipinski definition) is 7. The lowest BCUT2D eigenvalue weighted by molar-refractivity contribution is -0.0495. The molecular weight excluding hydrogens is 416 g/mol. The largest absolute Gasteiger partial charge is 0.431 e. The van der Waals surface area contributed by atoms with Crippen LogP contribution in [0.15, 0.2) is 17.3 Å². The van der Waals surface area contributed by atoms with Crippen LogP contribution in [0, 0.1) is 23.2 Å². The van der Waals surface area contributed by atoms with Crippen molar-refractivity contribution in [2.45, 2.75) is 64.8 Å². The van der Waals surface area contributed by atoms with E-state index in [1.54, 1.807) is 0 Å². The summed E-state index contributed by atoms with van der Waals surface area (Å²) in [5.41, 5.74) is 7.40. The number of anilines is 1. The third-order valence-electron chi connectivity index (χ3n) is 6.92. The van der Waals surface area contributed by atoms with Crippen molar-refractivity contribution in [1.29, 1.82) is 5.41 Å². The molecule has 0 amide bonds. The fraction of sp³-hybridized carbons (Fsp3) is 0.696. The molecule has 3 unspecified atom stereocenters. The average molecular weight is 450 g/mol. The molecule has 2 heterocycles. The van der Waals surface area contributed by atoms with Crippen LogP contribution in [-0.4, -0.2) is 65.8 Å². The molecule has 2 saturated carbocycles. The lowest BCUT2D eigenvalue weighted by atomic mass is 9.96. The van der Waals surface area contributed by atoms with E-state index in [1.165, 1.54) is 25.1 Å². The predicted molar refractivity (Wildman–Crippen MR) is 120 cm³/mol. The summed E-state index contributed by atoms with van der Waals surface area (Å²) < 4.78 is 35.3. The van der Waals surface area contributed by atoms with E-state index in [2.05, 4.69) is 21.5 Å². The first-order valence-electron chi connectivity index (χ1n) is 11.4. The van der Waals surface area contributed by atoms with Crippen LogP contribution < -0.4 is 10.5 Å². The average Bonchev–Trinajstić information content (AvgIpc) is 3.22. The van der Waals surface area contributed by atoms with Gasteiger partial charge in [-0.3, -0.25) is 9.89 Å². The van der Waals surface area contributed by atoms with Gasteiger partial charge in [-0.25, -0.2) is 4.98 Å². The maximum absolute atomic E-state index is 12.6. The zero-order valence-corrected chi connectivity index (χ0v) is 18.9. The number of pyridine rings is 1. The Morgan fingerprint density at radius 1 is 1.38 bits per heavy atom. The summed E-state index contributed by atoms with van der Waals surface area (Å²) in [4.78, 5) is 11.4. The van der Waals surface area contributed by atoms with Gasteiger partial charge in [0.1, 0.15) is 0 Å². The summed E-state index contributed by atoms with van der Waals surface area (Å²) in [5.74, 6) is 1.32. The Morgan fingerprint density at radius 3 is 2.72 bits per heavy atom. The molecule has 0 radical (unpaired) electrons. The number of nitrogen functional groups attached to an aromatic ring is 1. The van der Waals surface area contributed by atoms with Gasteiger partial charge < -0.3 is 20.6 Å². The summed E-state index contributed by atoms with van der Waals surface area (Å²) in [6.45, 7) is 5.94. The molecule has 3 fully saturated rings. The first-order chi connectivity index (χ1) is 15.2. The molecule has 3 N–H and O–H groups in total. The number of alkyl halides is 2. The molecule has 1 saturated heterocycles. The van der Waals surface area contributed by atoms with Crippen LogP contribution in [-0.2, 0) is 4.74 Å². The molecule has 4 rings (SSSR count). The fourth-order valence-electron chi connectivity index (χ4n) is 5.53. The van der Waals surface area contributed by atoms with Crippen molar-refractivity contribution in [1.82, 2.24) is 9.88 Å². The third-order valence-corrected chi connectivity index (χ3v) is 6.92. The van der Waals surface area contributed by atoms with Gasteiger partial charge in [-0.05, 0) is 51.5 Å². The van der Waals surface area contributed by atoms with Crippen molar-refractivity contribution in [3.63, 3.8) is 0 Å². The van der Waals surface area contributed by atoms with E-state index in [1.807, 2.05) is 13.8 Å². The Hall–Kier alpha value is -2.13. The monoisotopic (exact) mass is 449 g/mol. The molecule has 9 heteroatoms. The van der Waals surface area contributed by atoms with Gasteiger partial charge in [0.05, 0.1) is 13.2 Å². The van der Waals surface area contributed by atoms with Gasteiger partial charge in [0.25, 0.3) is 0 Å². The van der Waals surface area contributed by atoms with E-state index < -0.39 is 6.61 Å². The minimum atomic E-state index is -2.99. The van der Waals surface area contributed by atoms with Gasteiger partial charge in [0.2, 0.25) is 0 Å². The number of aliphatic imine (C=N–C) groups is 1. The van der Waals surface area contributed by atoms with Crippen molar-refractivity contribution >= 4 is 17.2 Å². The Morgan fingerprint density at radius 2 is 2.09 bits per heavy atom. The number of morpholine rings is 1. The van der Waals surface area contributed by atoms with Gasteiger partial charge in [-0.1, -0.05) is 0 Å². The van der Waals surface area contributed by atoms with Crippen LogP contribution in [0.3, 0.4) is 0 Å². The quantitative estimate of drug-likeness (QED) is 0.591. The van der Waals surface area contributed by atoms with Crippen LogP contribution in [0.25, 0.3) is 0 Å². The van der Waals surface area contributed by atoms with Crippen LogP contribution in [0.2, 0.25) is 0 Å². The highest BCUT2D eigenvalue weighted by Gasteiger charge is 2.59. The van der Waals surface area contributed by atoms with E-state index in [0.29, 0.717) is 47.5 Å². The molecule has 176 valence electrons. The van der Waals surface area contributed by atoms with Crippen LogP contribution in [0.5, 0.6) is 5.75 Å². The number of hydrogen-bond donors (Lipinski definition) is 2. The number of nitrogens with one attached hydrogen (secondary N) is 1. The standard InChI is InChI=1S/C23H33F2N5O2/c1-12(2)29-19(9-18(26)14-6-20(32-23(24)25)22(27)28-10-14)21-16-7-15(8-17(16)21)30-4-5-31-11-13(30)3/h6,10,12-13,15-17,21,23,26H,4-5,7-9,11H2,1-3H3,(H2,27,28). The van der Waals surface area contributed by atoms with Crippen molar-refractivity contribution in [3.8, 4) is 5.75 Å². The molecule has 3 aliphatic rings. The Kier molecular flexibility index (Phi) is 6.76. The lowest BCUT2D eigenvalue weighted by Gasteiger charge is -2.38. The number of fused-ring (bicyclic) bond motifs is 1. The molecular formula is C23H33F2N5O2. The molecule has 7 nitrogen and oxygen atoms in total. The fourth-order valence-corrected chi connectivity index (χ4v) is 5.53. The molecule has 0 bridgehead atoms. The van der Waals surface area contributed by atoms with Crippen LogP contribution in [0.1, 0.15) is 45.6 Å². The number of rotatable bonds is 8. The first kappa shape index (κ1) is 23.0. The SMILES string of the molecule is CC(C)N=C(CC(=N)c1cnc(N)c(OC(F)F)c1)C1C2CC(N3CCOCC3C)CC21. The van der Waals surface area contributed by atoms with Gasteiger partial charge in [-0.2, -0.15) is 8.78 Å². The van der Waals surface area contributed by atoms with Crippen molar-refractivity contribution in [3.05, 3.63) is 17.8 Å². The van der Waals surface area contributed by atoms with Gasteiger partial charge in [0.15, 0.2) is 11.6 Å². The van der Waals surface area contributed by atoms with E-state index in [4.69, 9.17) is 20.9 Å². The lowest BCUT2D eigenvalue weighted by Crippen LogP contribution is -2.49. The summed E-state index contributed by atoms with van der Waals surface area (Å²) in [6, 6.07) is 2.57. The highest BCUT2D eigenvalue weighted by atomic mass is 19.3. The van der Waals surface area contributed by atoms with Crippen molar-refractivity contribution in [2.75, 3.05) is 25.5 Å². The topological polar surface area (TPSA) is 96.8 Å². The number of halogens is 2. The van der Waals surface area contributed by atoms with E-state index in [9.17, 15) is 8.78 Å². The second kappa shape index (κ2) is 9.39. The molecule has 3 atom stereocenters. The third kappa shape index (κ3) is 4.93. The number of aromatic nitrogens is 1. The van der Waals surface area contributed by atoms with Gasteiger partial charge in [0, 0.05) is 60.2 Å². The highest BCUT2D eigenvalue weighted by Crippen LogP contribution is 2.59. The minimum Gasteiger partial charge on any atom is -0.431 e. The molecule has 0 aromatic carbocycles. The van der Waals surface area contributed by atoms with E-state index in [-0.39, 0.29) is 17.6 Å². The Balaban J connectivity index is 1.42. The number of ether oxygens (including phenoxy) is 2. The van der Waals surface area contributed by atoms with E-state index in [0.717, 1.165) is 25.5 Å². The van der Waals surface area contributed by atoms with Crippen LogP contribution >= 0.6 is 0 Å². The molecule has 32 heavy (non-hydrogen) atoms. The molecule has 1 aromatic rings. The summed E-state index contributed by atoms with van der Waals surface area (Å²) >= 11 is 0. The second-order valence-corrected chi connectivity index (χ2v) is 9.50. The molecule has 0 spiro atoms. The summed E-state index contributed by atoms with van der Waals surface area (Å²) in [6.07, 6.45) is 4.15. The summed E-state index contributed by atoms with van der Waals surface area (Å²) in [5, 5.41) is 8.58. The zero-order valence-electron chi connectivity index (χ0n) is 18.9.